The van der Waals surface area contributed by atoms with Crippen LogP contribution in [0.1, 0.15) is 60.9 Å². The molecule has 1 fully saturated rings. The van der Waals surface area contributed by atoms with Crippen LogP contribution < -0.4 is 43.4 Å². The summed E-state index contributed by atoms with van der Waals surface area (Å²) in [7, 11) is 0. The van der Waals surface area contributed by atoms with Gasteiger partial charge in [-0.2, -0.15) is 0 Å². The maximum atomic E-state index is 14.7. The highest BCUT2D eigenvalue weighted by atomic mass is 16.2. The lowest BCUT2D eigenvalue weighted by Gasteiger charge is -2.29. The number of nitrogens with two attached hydrogens (primary N) is 2. The number of carbonyl (C=O) groups excluding carboxylic acids is 6. The zero-order chi connectivity index (χ0) is 45.3. The lowest BCUT2D eigenvalue weighted by molar-refractivity contribution is -0.136. The molecule has 1 aliphatic heterocycles. The summed E-state index contributed by atoms with van der Waals surface area (Å²) in [5.74, 6) is -3.91. The molecule has 6 atom stereocenters. The molecular formula is C47H59N11O6. The van der Waals surface area contributed by atoms with Gasteiger partial charge in [0.2, 0.25) is 35.4 Å². The zero-order valence-corrected chi connectivity index (χ0v) is 35.8. The Morgan fingerprint density at radius 3 is 1.34 bits per heavy atom. The number of aromatic nitrogens is 3. The quantitative estimate of drug-likeness (QED) is 0.0641. The summed E-state index contributed by atoms with van der Waals surface area (Å²) in [6, 6.07) is 18.6. The van der Waals surface area contributed by atoms with Crippen molar-refractivity contribution in [3.05, 3.63) is 126 Å². The Morgan fingerprint density at radius 2 is 0.875 bits per heavy atom. The Balaban J connectivity index is 1.42. The van der Waals surface area contributed by atoms with Crippen LogP contribution in [0, 0.1) is 0 Å². The molecule has 0 unspecified atom stereocenters. The highest BCUT2D eigenvalue weighted by molar-refractivity contribution is 5.98. The summed E-state index contributed by atoms with van der Waals surface area (Å²) in [4.78, 5) is 97.1. The molecule has 0 radical (unpaired) electrons. The van der Waals surface area contributed by atoms with Crippen molar-refractivity contribution in [1.82, 2.24) is 46.9 Å². The average Bonchev–Trinajstić information content (AvgIpc) is 3.98. The third kappa shape index (κ3) is 13.3. The molecule has 5 aromatic rings. The van der Waals surface area contributed by atoms with E-state index in [4.69, 9.17) is 11.5 Å². The molecule has 3 aromatic carbocycles. The van der Waals surface area contributed by atoms with Crippen LogP contribution in [-0.4, -0.2) is 99.7 Å². The van der Waals surface area contributed by atoms with Crippen LogP contribution in [0.3, 0.4) is 0 Å². The smallest absolute Gasteiger partial charge is 0.243 e. The summed E-state index contributed by atoms with van der Waals surface area (Å²) < 4.78 is 0. The van der Waals surface area contributed by atoms with Gasteiger partial charge in [0.1, 0.15) is 36.3 Å². The van der Waals surface area contributed by atoms with Crippen molar-refractivity contribution in [2.45, 2.75) is 100 Å². The van der Waals surface area contributed by atoms with Crippen LogP contribution in [0.2, 0.25) is 0 Å². The molecule has 0 aliphatic carbocycles. The number of imidazole rings is 1. The van der Waals surface area contributed by atoms with Crippen molar-refractivity contribution in [2.75, 3.05) is 13.1 Å². The van der Waals surface area contributed by atoms with Gasteiger partial charge in [0, 0.05) is 54.7 Å². The normalized spacial score (nSPS) is 21.7. The van der Waals surface area contributed by atoms with Crippen molar-refractivity contribution in [3.63, 3.8) is 0 Å². The first kappa shape index (κ1) is 46.6. The first-order valence-corrected chi connectivity index (χ1v) is 21.9. The van der Waals surface area contributed by atoms with Crippen LogP contribution in [0.15, 0.2) is 104 Å². The van der Waals surface area contributed by atoms with Gasteiger partial charge in [-0.15, -0.1) is 0 Å². The molecule has 17 nitrogen and oxygen atoms in total. The second kappa shape index (κ2) is 23.6. The number of hydrogen-bond acceptors (Lipinski definition) is 9. The highest BCUT2D eigenvalue weighted by Crippen LogP contribution is 2.20. The lowest BCUT2D eigenvalue weighted by Crippen LogP contribution is -2.62. The number of unbranched alkanes of at least 4 members (excludes halogenated alkanes) is 2. The number of H-pyrrole nitrogens is 2. The van der Waals surface area contributed by atoms with E-state index in [1.165, 1.54) is 12.5 Å². The van der Waals surface area contributed by atoms with E-state index in [9.17, 15) is 28.8 Å². The first-order chi connectivity index (χ1) is 31.1. The van der Waals surface area contributed by atoms with Gasteiger partial charge in [-0.3, -0.25) is 28.8 Å². The van der Waals surface area contributed by atoms with Gasteiger partial charge in [0.25, 0.3) is 0 Å². The predicted octanol–water partition coefficient (Wildman–Crippen LogP) is 1.34. The Labute approximate surface area is 372 Å². The number of carbonyl (C=O) groups is 6. The number of para-hydroxylation sites is 1. The van der Waals surface area contributed by atoms with E-state index in [0.29, 0.717) is 44.5 Å². The van der Waals surface area contributed by atoms with Gasteiger partial charge in [-0.25, -0.2) is 4.98 Å². The van der Waals surface area contributed by atoms with E-state index in [2.05, 4.69) is 46.9 Å². The van der Waals surface area contributed by atoms with Gasteiger partial charge in [-0.05, 0) is 74.4 Å². The summed E-state index contributed by atoms with van der Waals surface area (Å²) in [5.41, 5.74) is 15.2. The number of hydrogen-bond donors (Lipinski definition) is 10. The number of rotatable bonds is 16. The van der Waals surface area contributed by atoms with Crippen LogP contribution in [0.25, 0.3) is 10.9 Å². The van der Waals surface area contributed by atoms with Crippen LogP contribution in [0.5, 0.6) is 0 Å². The van der Waals surface area contributed by atoms with E-state index in [-0.39, 0.29) is 38.5 Å². The second-order valence-electron chi connectivity index (χ2n) is 16.2. The van der Waals surface area contributed by atoms with Crippen molar-refractivity contribution in [3.8, 4) is 0 Å². The maximum Gasteiger partial charge on any atom is 0.243 e. The minimum atomic E-state index is -1.23. The topological polar surface area (TPSA) is 271 Å². The number of nitrogens with zero attached hydrogens (tertiary/aromatic N) is 1. The van der Waals surface area contributed by atoms with Crippen LogP contribution in [0.4, 0.5) is 0 Å². The van der Waals surface area contributed by atoms with E-state index >= 15 is 0 Å². The number of amides is 6. The molecule has 1 aliphatic rings. The van der Waals surface area contributed by atoms with Gasteiger partial charge >= 0.3 is 0 Å². The predicted molar refractivity (Wildman–Crippen MR) is 242 cm³/mol. The molecule has 2 aromatic heterocycles. The van der Waals surface area contributed by atoms with Crippen molar-refractivity contribution in [2.24, 2.45) is 11.5 Å². The molecular weight excluding hydrogens is 815 g/mol. The summed E-state index contributed by atoms with van der Waals surface area (Å²) in [5, 5.41) is 18.1. The summed E-state index contributed by atoms with van der Waals surface area (Å²) >= 11 is 0. The Hall–Kier alpha value is -6.85. The SMILES string of the molecule is NCCCC[C@@H]1NC(=O)[C@@H](Cc2ccccc2)NC(=O)[C@H](Cc2ccccc2)NC(=O)[C@@H](Cc2c[nH]c3ccccc23)NC(=O)[C@H](CCCCN)NC(=O)[C@@H](Cc2cnc[nH]2)NC1=O. The Bertz CT molecular complexity index is 2300. The molecule has 338 valence electrons. The van der Waals surface area contributed by atoms with E-state index < -0.39 is 71.7 Å². The Kier molecular flexibility index (Phi) is 17.2. The molecule has 6 rings (SSSR count). The number of benzene rings is 3. The average molecular weight is 874 g/mol. The molecule has 17 heteroatoms. The summed E-state index contributed by atoms with van der Waals surface area (Å²) in [6.07, 6.45) is 7.21. The molecule has 0 spiro atoms. The van der Waals surface area contributed by atoms with Gasteiger partial charge in [0.15, 0.2) is 0 Å². The first-order valence-electron chi connectivity index (χ1n) is 21.9. The molecule has 64 heavy (non-hydrogen) atoms. The van der Waals surface area contributed by atoms with Crippen LogP contribution >= 0.6 is 0 Å². The molecule has 0 saturated carbocycles. The fourth-order valence-electron chi connectivity index (χ4n) is 7.83. The zero-order valence-electron chi connectivity index (χ0n) is 35.8. The monoisotopic (exact) mass is 873 g/mol. The second-order valence-corrected chi connectivity index (χ2v) is 16.2. The number of fused-ring (bicyclic) bond motifs is 1. The fourth-order valence-corrected chi connectivity index (χ4v) is 7.83. The van der Waals surface area contributed by atoms with Crippen LogP contribution in [-0.2, 0) is 54.5 Å². The third-order valence-electron chi connectivity index (χ3n) is 11.3. The molecule has 3 heterocycles. The fraction of sp³-hybridized carbons (Fsp3) is 0.383. The van der Waals surface area contributed by atoms with Gasteiger partial charge in [0.05, 0.1) is 6.33 Å². The third-order valence-corrected chi connectivity index (χ3v) is 11.3. The minimum Gasteiger partial charge on any atom is -0.361 e. The van der Waals surface area contributed by atoms with Crippen molar-refractivity contribution in [1.29, 1.82) is 0 Å². The van der Waals surface area contributed by atoms with E-state index in [1.807, 2.05) is 84.9 Å². The van der Waals surface area contributed by atoms with Gasteiger partial charge in [-0.1, -0.05) is 78.9 Å². The number of aromatic amines is 2. The minimum absolute atomic E-state index is 0.0216. The van der Waals surface area contributed by atoms with Crippen molar-refractivity contribution >= 4 is 46.3 Å². The van der Waals surface area contributed by atoms with Crippen molar-refractivity contribution < 1.29 is 28.8 Å². The molecule has 6 amide bonds. The largest absolute Gasteiger partial charge is 0.361 e. The molecule has 0 bridgehead atoms. The van der Waals surface area contributed by atoms with Gasteiger partial charge < -0.3 is 53.3 Å². The van der Waals surface area contributed by atoms with E-state index in [1.54, 1.807) is 6.20 Å². The highest BCUT2D eigenvalue weighted by Gasteiger charge is 2.35. The summed E-state index contributed by atoms with van der Waals surface area (Å²) in [6.45, 7) is 0.700. The Morgan fingerprint density at radius 1 is 0.453 bits per heavy atom. The number of nitrogens with one attached hydrogen (secondary N) is 8. The molecule has 12 N–H and O–H groups in total. The standard InChI is InChI=1S/C47H59N11O6/c48-21-11-9-19-36-42(59)57-40(25-32-27-51-35-18-8-7-17-34(32)35)46(63)56-39(24-31-15-5-2-6-16-31)45(62)55-38(23-30-13-3-1-4-14-30)44(61)53-37(20-10-12-22-49)43(60)58-41(47(64)54-36)26-33-28-50-29-52-33/h1-8,13-18,27-29,36-41,51H,9-12,19-26,48-49H2,(H,50,52)(H,53,61)(H,54,64)(H,55,62)(H,56,63)(H,57,59)(H,58,60)/t36-,37-,38+,39-,40+,41+/m0/s1. The lowest BCUT2D eigenvalue weighted by atomic mass is 9.99. The molecule has 1 saturated heterocycles. The van der Waals surface area contributed by atoms with E-state index in [0.717, 1.165) is 27.6 Å². The maximum absolute atomic E-state index is 14.7.